The van der Waals surface area contributed by atoms with Gasteiger partial charge in [0, 0.05) is 17.0 Å². The summed E-state index contributed by atoms with van der Waals surface area (Å²) in [7, 11) is 0. The second kappa shape index (κ2) is 6.85. The Kier molecular flexibility index (Phi) is 5.14. The van der Waals surface area contributed by atoms with Crippen LogP contribution in [0.4, 0.5) is 0 Å². The zero-order valence-electron chi connectivity index (χ0n) is 11.4. The number of aliphatic hydroxyl groups is 1. The van der Waals surface area contributed by atoms with Gasteiger partial charge >= 0.3 is 0 Å². The average molecular weight is 275 g/mol. The molecule has 1 aromatic carbocycles. The molecule has 1 aromatic heterocycles. The molecule has 3 heteroatoms. The lowest BCUT2D eigenvalue weighted by Gasteiger charge is -2.22. The van der Waals surface area contributed by atoms with Crippen molar-refractivity contribution < 1.29 is 5.11 Å². The molecule has 1 heterocycles. The summed E-state index contributed by atoms with van der Waals surface area (Å²) in [5.41, 5.74) is 1.28. The van der Waals surface area contributed by atoms with Crippen LogP contribution in [-0.2, 0) is 0 Å². The second-order valence-electron chi connectivity index (χ2n) is 4.97. The van der Waals surface area contributed by atoms with E-state index >= 15 is 0 Å². The maximum absolute atomic E-state index is 10.1. The zero-order valence-corrected chi connectivity index (χ0v) is 12.2. The molecule has 2 aromatic rings. The Balaban J connectivity index is 1.86. The molecule has 102 valence electrons. The number of thiophene rings is 1. The van der Waals surface area contributed by atoms with E-state index in [0.717, 1.165) is 11.3 Å². The van der Waals surface area contributed by atoms with E-state index in [4.69, 9.17) is 0 Å². The first-order valence-corrected chi connectivity index (χ1v) is 7.57. The van der Waals surface area contributed by atoms with Gasteiger partial charge in [-0.25, -0.2) is 0 Å². The maximum atomic E-state index is 10.1. The van der Waals surface area contributed by atoms with Crippen molar-refractivity contribution in [3.05, 3.63) is 58.3 Å². The molecule has 0 fully saturated rings. The third-order valence-corrected chi connectivity index (χ3v) is 4.26. The highest BCUT2D eigenvalue weighted by atomic mass is 32.1. The van der Waals surface area contributed by atoms with Crippen molar-refractivity contribution in [1.82, 2.24) is 5.32 Å². The first kappa shape index (κ1) is 14.3. The van der Waals surface area contributed by atoms with Gasteiger partial charge < -0.3 is 10.4 Å². The molecule has 3 unspecified atom stereocenters. The molecule has 2 nitrogen and oxygen atoms in total. The molecule has 0 saturated carbocycles. The van der Waals surface area contributed by atoms with Crippen LogP contribution in [0.1, 0.15) is 42.9 Å². The molecule has 2 N–H and O–H groups in total. The van der Waals surface area contributed by atoms with Gasteiger partial charge in [-0.05, 0) is 37.3 Å². The fraction of sp³-hybridized carbons (Fsp3) is 0.375. The number of nitrogens with one attached hydrogen (secondary N) is 1. The Morgan fingerprint density at radius 3 is 2.47 bits per heavy atom. The second-order valence-corrected chi connectivity index (χ2v) is 5.95. The van der Waals surface area contributed by atoms with E-state index in [2.05, 4.69) is 43.4 Å². The summed E-state index contributed by atoms with van der Waals surface area (Å²) in [6.45, 7) is 4.28. The van der Waals surface area contributed by atoms with E-state index in [9.17, 15) is 5.11 Å². The van der Waals surface area contributed by atoms with Crippen LogP contribution in [0.3, 0.4) is 0 Å². The summed E-state index contributed by atoms with van der Waals surface area (Å²) in [5.74, 6) is 0. The number of aliphatic hydroxyl groups excluding tert-OH is 1. The van der Waals surface area contributed by atoms with Crippen LogP contribution in [-0.4, -0.2) is 11.1 Å². The van der Waals surface area contributed by atoms with Crippen LogP contribution in [0, 0.1) is 0 Å². The maximum Gasteiger partial charge on any atom is 0.0896 e. The average Bonchev–Trinajstić information content (AvgIpc) is 2.93. The van der Waals surface area contributed by atoms with Crippen LogP contribution >= 0.6 is 11.3 Å². The molecular weight excluding hydrogens is 254 g/mol. The Morgan fingerprint density at radius 1 is 1.11 bits per heavy atom. The topological polar surface area (TPSA) is 32.3 Å². The quantitative estimate of drug-likeness (QED) is 0.837. The first-order valence-electron chi connectivity index (χ1n) is 6.69. The third kappa shape index (κ3) is 4.16. The Morgan fingerprint density at radius 2 is 1.84 bits per heavy atom. The van der Waals surface area contributed by atoms with Crippen molar-refractivity contribution in [2.75, 3.05) is 0 Å². The van der Waals surface area contributed by atoms with Crippen molar-refractivity contribution in [2.24, 2.45) is 0 Å². The molecule has 0 bridgehead atoms. The van der Waals surface area contributed by atoms with Gasteiger partial charge in [-0.15, -0.1) is 11.3 Å². The van der Waals surface area contributed by atoms with Crippen LogP contribution in [0.5, 0.6) is 0 Å². The predicted molar refractivity (Wildman–Crippen MR) is 81.4 cm³/mol. The molecule has 0 aliphatic rings. The SMILES string of the molecule is CC(CC(O)c1cccs1)NC(C)c1ccccc1. The standard InChI is InChI=1S/C16H21NOS/c1-12(11-15(18)16-9-6-10-19-16)17-13(2)14-7-4-3-5-8-14/h3-10,12-13,15,17-18H,11H2,1-2H3. The van der Waals surface area contributed by atoms with Gasteiger partial charge in [0.2, 0.25) is 0 Å². The molecule has 0 amide bonds. The van der Waals surface area contributed by atoms with Crippen molar-refractivity contribution in [1.29, 1.82) is 0 Å². The molecule has 2 rings (SSSR count). The fourth-order valence-electron chi connectivity index (χ4n) is 2.26. The normalized spacial score (nSPS) is 15.9. The van der Waals surface area contributed by atoms with E-state index in [1.54, 1.807) is 11.3 Å². The van der Waals surface area contributed by atoms with E-state index in [1.807, 2.05) is 23.6 Å². The summed E-state index contributed by atoms with van der Waals surface area (Å²) in [4.78, 5) is 1.04. The van der Waals surface area contributed by atoms with Crippen LogP contribution in [0.15, 0.2) is 47.8 Å². The molecule has 0 aliphatic carbocycles. The lowest BCUT2D eigenvalue weighted by Crippen LogP contribution is -2.30. The van der Waals surface area contributed by atoms with E-state index in [1.165, 1.54) is 5.56 Å². The number of rotatable bonds is 6. The van der Waals surface area contributed by atoms with Crippen molar-refractivity contribution in [2.45, 2.75) is 38.5 Å². The molecule has 0 saturated heterocycles. The minimum atomic E-state index is -0.370. The van der Waals surface area contributed by atoms with Crippen LogP contribution in [0.25, 0.3) is 0 Å². The van der Waals surface area contributed by atoms with Crippen molar-refractivity contribution in [3.8, 4) is 0 Å². The van der Waals surface area contributed by atoms with Crippen LogP contribution < -0.4 is 5.32 Å². The zero-order chi connectivity index (χ0) is 13.7. The Labute approximate surface area is 119 Å². The van der Waals surface area contributed by atoms with E-state index in [0.29, 0.717) is 6.04 Å². The van der Waals surface area contributed by atoms with Crippen molar-refractivity contribution >= 4 is 11.3 Å². The van der Waals surface area contributed by atoms with Gasteiger partial charge in [0.15, 0.2) is 0 Å². The van der Waals surface area contributed by atoms with Gasteiger partial charge in [0.1, 0.15) is 0 Å². The lowest BCUT2D eigenvalue weighted by molar-refractivity contribution is 0.155. The highest BCUT2D eigenvalue weighted by Crippen LogP contribution is 2.23. The largest absolute Gasteiger partial charge is 0.388 e. The Bertz CT molecular complexity index is 469. The van der Waals surface area contributed by atoms with E-state index < -0.39 is 0 Å². The van der Waals surface area contributed by atoms with Gasteiger partial charge in [-0.3, -0.25) is 0 Å². The number of benzene rings is 1. The summed E-state index contributed by atoms with van der Waals surface area (Å²) in [6.07, 6.45) is 0.364. The number of hydrogen-bond donors (Lipinski definition) is 2. The Hall–Kier alpha value is -1.16. The summed E-state index contributed by atoms with van der Waals surface area (Å²) < 4.78 is 0. The molecule has 0 aliphatic heterocycles. The summed E-state index contributed by atoms with van der Waals surface area (Å²) in [5, 5.41) is 15.7. The summed E-state index contributed by atoms with van der Waals surface area (Å²) >= 11 is 1.61. The minimum absolute atomic E-state index is 0.271. The smallest absolute Gasteiger partial charge is 0.0896 e. The van der Waals surface area contributed by atoms with Crippen molar-refractivity contribution in [3.63, 3.8) is 0 Å². The molecule has 0 radical (unpaired) electrons. The molecule has 3 atom stereocenters. The molecular formula is C16H21NOS. The van der Waals surface area contributed by atoms with Gasteiger partial charge in [0.05, 0.1) is 6.10 Å². The van der Waals surface area contributed by atoms with E-state index in [-0.39, 0.29) is 12.1 Å². The predicted octanol–water partition coefficient (Wildman–Crippen LogP) is 3.91. The molecule has 0 spiro atoms. The summed E-state index contributed by atoms with van der Waals surface area (Å²) in [6, 6.07) is 14.9. The first-order chi connectivity index (χ1) is 9.16. The molecule has 19 heavy (non-hydrogen) atoms. The third-order valence-electron chi connectivity index (χ3n) is 3.28. The minimum Gasteiger partial charge on any atom is -0.388 e. The number of hydrogen-bond acceptors (Lipinski definition) is 3. The monoisotopic (exact) mass is 275 g/mol. The van der Waals surface area contributed by atoms with Crippen LogP contribution in [0.2, 0.25) is 0 Å². The fourth-order valence-corrected chi connectivity index (χ4v) is 2.99. The van der Waals surface area contributed by atoms with Gasteiger partial charge in [0.25, 0.3) is 0 Å². The van der Waals surface area contributed by atoms with Gasteiger partial charge in [-0.2, -0.15) is 0 Å². The lowest BCUT2D eigenvalue weighted by atomic mass is 10.1. The van der Waals surface area contributed by atoms with Gasteiger partial charge in [-0.1, -0.05) is 36.4 Å². The highest BCUT2D eigenvalue weighted by Gasteiger charge is 2.15. The highest BCUT2D eigenvalue weighted by molar-refractivity contribution is 7.10.